The van der Waals surface area contributed by atoms with E-state index in [2.05, 4.69) is 15.3 Å². The van der Waals surface area contributed by atoms with Crippen LogP contribution in [0.5, 0.6) is 0 Å². The Morgan fingerprint density at radius 2 is 1.74 bits per heavy atom. The molecule has 1 amide bonds. The number of likely N-dealkylation sites (tertiary alicyclic amines) is 1. The Morgan fingerprint density at radius 1 is 1.15 bits per heavy atom. The molecule has 14 heteroatoms. The number of ether oxygens (including phenoxy) is 1. The molecule has 2 aromatic heterocycles. The number of nitrogens with zero attached hydrogens (tertiary/aromatic N) is 3. The first-order valence-corrected chi connectivity index (χ1v) is 16.0. The van der Waals surface area contributed by atoms with Crippen LogP contribution in [0.4, 0.5) is 28.9 Å². The second kappa shape index (κ2) is 17.6. The lowest BCUT2D eigenvalue weighted by molar-refractivity contribution is -0.146. The van der Waals surface area contributed by atoms with Gasteiger partial charge in [-0.25, -0.2) is 14.4 Å². The number of aromatic nitrogens is 2. The third-order valence-corrected chi connectivity index (χ3v) is 8.41. The summed E-state index contributed by atoms with van der Waals surface area (Å²) in [6, 6.07) is 5.84. The summed E-state index contributed by atoms with van der Waals surface area (Å²) in [5.74, 6) is -1.33. The van der Waals surface area contributed by atoms with Crippen LogP contribution >= 0.6 is 11.3 Å². The largest absolute Gasteiger partial charge is 0.395 e. The summed E-state index contributed by atoms with van der Waals surface area (Å²) in [6.07, 6.45) is -4.22. The van der Waals surface area contributed by atoms with Gasteiger partial charge in [-0.3, -0.25) is 15.3 Å². The maximum Gasteiger partial charge on any atom is 0.395 e. The molecule has 0 saturated carbocycles. The number of nitrogens with one attached hydrogen (secondary N) is 1. The first-order chi connectivity index (χ1) is 21.7. The number of halogens is 4. The molecule has 2 unspecified atom stereocenters. The van der Waals surface area contributed by atoms with Crippen molar-refractivity contribution in [2.24, 2.45) is 17.6 Å². The number of carbonyl (C=O) groups excluding carboxylic acids is 2. The maximum absolute atomic E-state index is 14.0. The third-order valence-electron chi connectivity index (χ3n) is 7.54. The van der Waals surface area contributed by atoms with Crippen molar-refractivity contribution in [1.29, 1.82) is 0 Å². The molecule has 1 aliphatic rings. The van der Waals surface area contributed by atoms with Crippen molar-refractivity contribution < 1.29 is 37.0 Å². The van der Waals surface area contributed by atoms with Gasteiger partial charge in [-0.2, -0.15) is 13.2 Å². The highest BCUT2D eigenvalue weighted by Gasteiger charge is 2.37. The zero-order valence-corrected chi connectivity index (χ0v) is 28.1. The number of hydrogen-bond donors (Lipinski definition) is 3. The van der Waals surface area contributed by atoms with Gasteiger partial charge in [0.05, 0.1) is 22.8 Å². The highest BCUT2D eigenvalue weighted by atomic mass is 32.1. The molecule has 1 aliphatic heterocycles. The van der Waals surface area contributed by atoms with E-state index in [0.29, 0.717) is 46.2 Å². The van der Waals surface area contributed by atoms with Crippen molar-refractivity contribution in [2.75, 3.05) is 32.1 Å². The molecule has 3 heterocycles. The van der Waals surface area contributed by atoms with Crippen molar-refractivity contribution in [1.82, 2.24) is 14.9 Å². The number of ketones is 1. The van der Waals surface area contributed by atoms with Crippen LogP contribution in [-0.2, 0) is 14.3 Å². The summed E-state index contributed by atoms with van der Waals surface area (Å²) >= 11 is 1.35. The van der Waals surface area contributed by atoms with Gasteiger partial charge in [0.15, 0.2) is 6.30 Å². The van der Waals surface area contributed by atoms with Gasteiger partial charge in [0.2, 0.25) is 5.91 Å². The third kappa shape index (κ3) is 10.1. The number of carbonyl (C=O) groups is 2. The van der Waals surface area contributed by atoms with Crippen LogP contribution in [0.3, 0.4) is 0 Å². The molecule has 9 nitrogen and oxygen atoms in total. The number of Topliss-reactive ketones (excluding diaryl/α,β-unsaturated/α-hetero) is 1. The normalized spacial score (nSPS) is 15.7. The van der Waals surface area contributed by atoms with Crippen LogP contribution < -0.4 is 11.1 Å². The van der Waals surface area contributed by atoms with E-state index in [1.54, 1.807) is 11.8 Å². The highest BCUT2D eigenvalue weighted by Crippen LogP contribution is 2.38. The number of aliphatic hydroxyl groups is 1. The zero-order valence-electron chi connectivity index (χ0n) is 27.3. The molecule has 0 radical (unpaired) electrons. The van der Waals surface area contributed by atoms with Gasteiger partial charge in [-0.05, 0) is 44.4 Å². The first-order valence-electron chi connectivity index (χ1n) is 15.2. The summed E-state index contributed by atoms with van der Waals surface area (Å²) < 4.78 is 58.0. The number of aryl methyl sites for hydroxylation is 1. The minimum absolute atomic E-state index is 0.0788. The number of amides is 1. The summed E-state index contributed by atoms with van der Waals surface area (Å²) in [5, 5.41) is 12.5. The Hall–Kier alpha value is -3.20. The molecule has 0 bridgehead atoms. The number of rotatable bonds is 9. The molecule has 4 rings (SSSR count). The number of pyridine rings is 1. The second-order valence-corrected chi connectivity index (χ2v) is 12.1. The van der Waals surface area contributed by atoms with E-state index in [-0.39, 0.29) is 23.3 Å². The van der Waals surface area contributed by atoms with Crippen molar-refractivity contribution >= 4 is 44.7 Å². The fraction of sp³-hybridized carbons (Fsp3) is 0.562. The molecule has 3 aromatic rings. The molecule has 1 aromatic carbocycles. The van der Waals surface area contributed by atoms with Crippen LogP contribution in [0.2, 0.25) is 0 Å². The lowest BCUT2D eigenvalue weighted by atomic mass is 9.87. The fourth-order valence-electron chi connectivity index (χ4n) is 4.98. The Balaban J connectivity index is 0.000000365. The number of thiazole rings is 1. The number of benzene rings is 1. The summed E-state index contributed by atoms with van der Waals surface area (Å²) in [5.41, 5.74) is 7.42. The van der Waals surface area contributed by atoms with E-state index in [4.69, 9.17) is 15.6 Å². The number of nitrogens with two attached hydrogens (primary N) is 1. The van der Waals surface area contributed by atoms with Gasteiger partial charge in [-0.1, -0.05) is 51.2 Å². The molecule has 256 valence electrons. The number of aliphatic hydroxyl groups excluding tert-OH is 1. The van der Waals surface area contributed by atoms with Crippen LogP contribution in [0.25, 0.3) is 10.3 Å². The second-order valence-electron chi connectivity index (χ2n) is 11.0. The average molecular weight is 672 g/mol. The standard InChI is InChI=1S/C19H20F4N4OS.C11H19NO3.C2H6/c1-9(19(21,22)23)11-4-6-12(7-5-11)27-13-8-25-18-15(26-10(2)29-18)14(13)16(28-3)17(20)24;1-8(2)11(15)9-3-5-12(6-4-9)10(14)7-13;1-2/h4-9,16-17,27H,24H2,1-3H3;8-9,13H,3-7H2,1-2H3;1-2H3/t9-,16?,17?;;/m0../s1. The predicted molar refractivity (Wildman–Crippen MR) is 173 cm³/mol. The van der Waals surface area contributed by atoms with E-state index in [1.807, 2.05) is 27.7 Å². The van der Waals surface area contributed by atoms with Crippen molar-refractivity contribution in [3.63, 3.8) is 0 Å². The average Bonchev–Trinajstić information content (AvgIpc) is 3.42. The van der Waals surface area contributed by atoms with E-state index in [9.17, 15) is 27.2 Å². The molecular weight excluding hydrogens is 626 g/mol. The Bertz CT molecular complexity index is 1410. The van der Waals surface area contributed by atoms with Crippen molar-refractivity contribution in [2.45, 2.75) is 78.9 Å². The lowest BCUT2D eigenvalue weighted by Crippen LogP contribution is -2.42. The fourth-order valence-corrected chi connectivity index (χ4v) is 5.75. The lowest BCUT2D eigenvalue weighted by Gasteiger charge is -2.31. The van der Waals surface area contributed by atoms with E-state index >= 15 is 0 Å². The first kappa shape index (κ1) is 39.0. The number of hydrogen-bond acceptors (Lipinski definition) is 9. The van der Waals surface area contributed by atoms with Crippen LogP contribution in [0.1, 0.15) is 75.6 Å². The van der Waals surface area contributed by atoms with E-state index in [1.165, 1.54) is 48.9 Å². The van der Waals surface area contributed by atoms with Crippen LogP contribution in [-0.4, -0.2) is 70.9 Å². The van der Waals surface area contributed by atoms with Gasteiger partial charge in [0.25, 0.3) is 0 Å². The van der Waals surface area contributed by atoms with E-state index < -0.39 is 31.1 Å². The molecule has 0 aliphatic carbocycles. The van der Waals surface area contributed by atoms with Gasteiger partial charge in [-0.15, -0.1) is 0 Å². The van der Waals surface area contributed by atoms with Gasteiger partial charge < -0.3 is 20.1 Å². The molecule has 4 N–H and O–H groups in total. The van der Waals surface area contributed by atoms with Crippen molar-refractivity contribution in [3.05, 3.63) is 46.6 Å². The monoisotopic (exact) mass is 671 g/mol. The quantitative estimate of drug-likeness (QED) is 0.167. The van der Waals surface area contributed by atoms with E-state index in [0.717, 1.165) is 24.8 Å². The molecule has 0 spiro atoms. The molecular formula is C32H45F4N5O4S. The number of alkyl halides is 4. The topological polar surface area (TPSA) is 131 Å². The predicted octanol–water partition coefficient (Wildman–Crippen LogP) is 6.82. The maximum atomic E-state index is 14.0. The summed E-state index contributed by atoms with van der Waals surface area (Å²) in [6.45, 7) is 11.5. The van der Waals surface area contributed by atoms with Gasteiger partial charge >= 0.3 is 6.18 Å². The number of piperidine rings is 1. The SMILES string of the molecule is CC.CC(C)C(=O)C1CCN(C(=O)CO)CC1.COC(c1c(Nc2ccc([C@H](C)C(F)(F)F)cc2)cnc2sc(C)nc12)C(N)F. The highest BCUT2D eigenvalue weighted by molar-refractivity contribution is 7.18. The number of anilines is 2. The molecule has 46 heavy (non-hydrogen) atoms. The Labute approximate surface area is 271 Å². The summed E-state index contributed by atoms with van der Waals surface area (Å²) in [4.78, 5) is 33.9. The van der Waals surface area contributed by atoms with Crippen molar-refractivity contribution in [3.8, 4) is 0 Å². The molecule has 1 saturated heterocycles. The minimum atomic E-state index is -4.32. The smallest absolute Gasteiger partial charge is 0.387 e. The van der Waals surface area contributed by atoms with Crippen LogP contribution in [0, 0.1) is 18.8 Å². The minimum Gasteiger partial charge on any atom is -0.387 e. The number of methoxy groups -OCH3 is 1. The number of fused-ring (bicyclic) bond motifs is 1. The summed E-state index contributed by atoms with van der Waals surface area (Å²) in [7, 11) is 1.34. The Morgan fingerprint density at radius 3 is 2.22 bits per heavy atom. The van der Waals surface area contributed by atoms with Gasteiger partial charge in [0, 0.05) is 43.3 Å². The molecule has 1 fully saturated rings. The molecule has 3 atom stereocenters. The zero-order chi connectivity index (χ0) is 34.8. The Kier molecular flexibility index (Phi) is 15.0. The van der Waals surface area contributed by atoms with Gasteiger partial charge in [0.1, 0.15) is 28.8 Å². The van der Waals surface area contributed by atoms with Crippen LogP contribution in [0.15, 0.2) is 30.5 Å².